The van der Waals surface area contributed by atoms with Crippen molar-refractivity contribution in [3.63, 3.8) is 0 Å². The Labute approximate surface area is 242 Å². The molecule has 11 heteroatoms. The molecule has 208 valence electrons. The number of piperidine rings is 1. The molecule has 0 radical (unpaired) electrons. The van der Waals surface area contributed by atoms with Crippen LogP contribution in [0.15, 0.2) is 96.2 Å². The summed E-state index contributed by atoms with van der Waals surface area (Å²) in [5.41, 5.74) is 2.78. The van der Waals surface area contributed by atoms with Gasteiger partial charge in [0.2, 0.25) is 11.9 Å². The number of nitrogens with one attached hydrogen (secondary N) is 3. The maximum absolute atomic E-state index is 13.5. The number of rotatable bonds is 7. The van der Waals surface area contributed by atoms with Gasteiger partial charge in [-0.2, -0.15) is 0 Å². The number of para-hydroxylation sites is 1. The van der Waals surface area contributed by atoms with Crippen molar-refractivity contribution in [1.82, 2.24) is 19.3 Å². The molecule has 6 rings (SSSR count). The molecule has 0 aliphatic carbocycles. The number of anilines is 3. The predicted octanol–water partition coefficient (Wildman–Crippen LogP) is 5.67. The molecule has 5 aromatic rings. The van der Waals surface area contributed by atoms with E-state index in [1.54, 1.807) is 48.7 Å². The van der Waals surface area contributed by atoms with Gasteiger partial charge < -0.3 is 16.0 Å². The number of carbonyl (C=O) groups is 1. The summed E-state index contributed by atoms with van der Waals surface area (Å²) in [4.78, 5) is 21.9. The second-order valence-electron chi connectivity index (χ2n) is 9.80. The molecule has 3 N–H and O–H groups in total. The first kappa shape index (κ1) is 26.9. The molecule has 0 unspecified atom stereocenters. The molecule has 3 aromatic carbocycles. The van der Waals surface area contributed by atoms with Gasteiger partial charge in [-0.25, -0.2) is 22.4 Å². The quantitative estimate of drug-likeness (QED) is 0.225. The number of carbonyl (C=O) groups excluding carboxylic acids is 1. The summed E-state index contributed by atoms with van der Waals surface area (Å²) in [6.45, 7) is 1.61. The Bertz CT molecular complexity index is 1840. The number of aromatic nitrogens is 3. The third-order valence-electron chi connectivity index (χ3n) is 7.03. The molecule has 2 aromatic heterocycles. The standard InChI is InChI=1S/C30H27ClN6O3S/c31-26-18-33-30(35-22-10-6-9-21(16-22)34-29(38)20-8-7-15-32-17-20)36-28(26)25-19-37(27-14-5-4-13-24(25)27)41(39,40)23-11-2-1-3-12-23/h1-6,9-14,16,18-20,32H,7-8,15,17H2,(H,34,38)(H,33,35,36)/t20-/m0/s1. The Hall–Kier alpha value is -4.25. The van der Waals surface area contributed by atoms with Crippen molar-refractivity contribution in [3.8, 4) is 11.3 Å². The van der Waals surface area contributed by atoms with Crippen LogP contribution in [-0.4, -0.2) is 41.4 Å². The van der Waals surface area contributed by atoms with Crippen LogP contribution in [0.2, 0.25) is 5.02 Å². The molecule has 1 atom stereocenters. The molecule has 1 aliphatic heterocycles. The Morgan fingerprint density at radius 1 is 1.00 bits per heavy atom. The molecule has 0 bridgehead atoms. The average molecular weight is 587 g/mol. The van der Waals surface area contributed by atoms with Gasteiger partial charge in [-0.1, -0.05) is 54.1 Å². The summed E-state index contributed by atoms with van der Waals surface area (Å²) in [6.07, 6.45) is 4.86. The normalized spacial score (nSPS) is 15.5. The molecule has 1 amide bonds. The van der Waals surface area contributed by atoms with Crippen LogP contribution in [0.1, 0.15) is 12.8 Å². The second-order valence-corrected chi connectivity index (χ2v) is 12.0. The zero-order valence-corrected chi connectivity index (χ0v) is 23.5. The van der Waals surface area contributed by atoms with Gasteiger partial charge in [0.1, 0.15) is 0 Å². The summed E-state index contributed by atoms with van der Waals surface area (Å²) in [6, 6.07) is 22.8. The molecule has 3 heterocycles. The maximum Gasteiger partial charge on any atom is 0.268 e. The van der Waals surface area contributed by atoms with Gasteiger partial charge in [0.15, 0.2) is 0 Å². The number of fused-ring (bicyclic) bond motifs is 1. The smallest absolute Gasteiger partial charge is 0.268 e. The molecule has 41 heavy (non-hydrogen) atoms. The van der Waals surface area contributed by atoms with E-state index in [-0.39, 0.29) is 27.7 Å². The van der Waals surface area contributed by atoms with Crippen LogP contribution in [0.5, 0.6) is 0 Å². The highest BCUT2D eigenvalue weighted by molar-refractivity contribution is 7.90. The van der Waals surface area contributed by atoms with Crippen LogP contribution in [0, 0.1) is 5.92 Å². The minimum absolute atomic E-state index is 0.0128. The van der Waals surface area contributed by atoms with E-state index in [0.29, 0.717) is 40.1 Å². The summed E-state index contributed by atoms with van der Waals surface area (Å²) >= 11 is 6.57. The van der Waals surface area contributed by atoms with E-state index in [1.807, 2.05) is 36.4 Å². The van der Waals surface area contributed by atoms with Gasteiger partial charge in [-0.05, 0) is 55.8 Å². The van der Waals surface area contributed by atoms with E-state index in [1.165, 1.54) is 10.2 Å². The maximum atomic E-state index is 13.5. The fourth-order valence-corrected chi connectivity index (χ4v) is 6.57. The van der Waals surface area contributed by atoms with Crippen molar-refractivity contribution in [2.45, 2.75) is 17.7 Å². The van der Waals surface area contributed by atoms with E-state index >= 15 is 0 Å². The van der Waals surface area contributed by atoms with Gasteiger partial charge in [0, 0.05) is 35.1 Å². The number of nitrogens with zero attached hydrogens (tertiary/aromatic N) is 3. The van der Waals surface area contributed by atoms with Crippen LogP contribution in [0.3, 0.4) is 0 Å². The third kappa shape index (κ3) is 5.54. The Morgan fingerprint density at radius 2 is 1.78 bits per heavy atom. The van der Waals surface area contributed by atoms with E-state index in [2.05, 4.69) is 25.9 Å². The highest BCUT2D eigenvalue weighted by Gasteiger charge is 2.24. The summed E-state index contributed by atoms with van der Waals surface area (Å²) in [7, 11) is -3.87. The van der Waals surface area contributed by atoms with E-state index in [9.17, 15) is 13.2 Å². The van der Waals surface area contributed by atoms with Gasteiger partial charge >= 0.3 is 0 Å². The number of amides is 1. The lowest BCUT2D eigenvalue weighted by molar-refractivity contribution is -0.120. The molecule has 1 fully saturated rings. The predicted molar refractivity (Wildman–Crippen MR) is 161 cm³/mol. The topological polar surface area (TPSA) is 118 Å². The summed E-state index contributed by atoms with van der Waals surface area (Å²) in [5.74, 6) is 0.198. The minimum Gasteiger partial charge on any atom is -0.326 e. The van der Waals surface area contributed by atoms with Crippen molar-refractivity contribution in [2.75, 3.05) is 23.7 Å². The molecule has 9 nitrogen and oxygen atoms in total. The lowest BCUT2D eigenvalue weighted by atomic mass is 9.99. The number of halogens is 1. The SMILES string of the molecule is O=C(Nc1cccc(Nc2ncc(Cl)c(-c3cn(S(=O)(=O)c4ccccc4)c4ccccc34)n2)c1)[C@H]1CCCNC1. The fourth-order valence-electron chi connectivity index (χ4n) is 4.98. The van der Waals surface area contributed by atoms with Crippen molar-refractivity contribution >= 4 is 55.8 Å². The van der Waals surface area contributed by atoms with E-state index < -0.39 is 10.0 Å². The van der Waals surface area contributed by atoms with Crippen molar-refractivity contribution in [3.05, 3.63) is 96.3 Å². The molecule has 1 aliphatic rings. The van der Waals surface area contributed by atoms with Crippen LogP contribution >= 0.6 is 11.6 Å². The highest BCUT2D eigenvalue weighted by atomic mass is 35.5. The van der Waals surface area contributed by atoms with Gasteiger partial charge in [-0.3, -0.25) is 4.79 Å². The lowest BCUT2D eigenvalue weighted by Crippen LogP contribution is -2.37. The van der Waals surface area contributed by atoms with Gasteiger partial charge in [0.25, 0.3) is 10.0 Å². The molecular formula is C30H27ClN6O3S. The van der Waals surface area contributed by atoms with Crippen LogP contribution in [-0.2, 0) is 14.8 Å². The molecular weight excluding hydrogens is 560 g/mol. The monoisotopic (exact) mass is 586 g/mol. The number of hydrogen-bond acceptors (Lipinski definition) is 7. The van der Waals surface area contributed by atoms with Crippen LogP contribution < -0.4 is 16.0 Å². The zero-order chi connectivity index (χ0) is 28.4. The van der Waals surface area contributed by atoms with E-state index in [0.717, 1.165) is 19.4 Å². The Kier molecular flexibility index (Phi) is 7.44. The summed E-state index contributed by atoms with van der Waals surface area (Å²) < 4.78 is 28.3. The van der Waals surface area contributed by atoms with E-state index in [4.69, 9.17) is 11.6 Å². The average Bonchev–Trinajstić information content (AvgIpc) is 3.40. The number of benzene rings is 3. The van der Waals surface area contributed by atoms with Crippen molar-refractivity contribution in [2.24, 2.45) is 5.92 Å². The molecule has 0 saturated carbocycles. The lowest BCUT2D eigenvalue weighted by Gasteiger charge is -2.22. The largest absolute Gasteiger partial charge is 0.326 e. The highest BCUT2D eigenvalue weighted by Crippen LogP contribution is 2.36. The van der Waals surface area contributed by atoms with Crippen LogP contribution in [0.4, 0.5) is 17.3 Å². The second kappa shape index (κ2) is 11.3. The summed E-state index contributed by atoms with van der Waals surface area (Å²) in [5, 5.41) is 10.4. The minimum atomic E-state index is -3.87. The Balaban J connectivity index is 1.31. The molecule has 1 saturated heterocycles. The first-order chi connectivity index (χ1) is 19.9. The van der Waals surface area contributed by atoms with Gasteiger partial charge in [0.05, 0.1) is 33.2 Å². The number of hydrogen-bond donors (Lipinski definition) is 3. The zero-order valence-electron chi connectivity index (χ0n) is 21.9. The first-order valence-electron chi connectivity index (χ1n) is 13.2. The van der Waals surface area contributed by atoms with Crippen LogP contribution in [0.25, 0.3) is 22.2 Å². The van der Waals surface area contributed by atoms with Crippen molar-refractivity contribution in [1.29, 1.82) is 0 Å². The molecule has 0 spiro atoms. The third-order valence-corrected chi connectivity index (χ3v) is 9.00. The fraction of sp³-hybridized carbons (Fsp3) is 0.167. The Morgan fingerprint density at radius 3 is 2.59 bits per heavy atom. The van der Waals surface area contributed by atoms with Crippen molar-refractivity contribution < 1.29 is 13.2 Å². The first-order valence-corrected chi connectivity index (χ1v) is 15.0. The van der Waals surface area contributed by atoms with Gasteiger partial charge in [-0.15, -0.1) is 0 Å².